The molecule has 6 heteroatoms. The number of hydrogen-bond donors (Lipinski definition) is 1. The van der Waals surface area contributed by atoms with E-state index < -0.39 is 0 Å². The Morgan fingerprint density at radius 3 is 2.62 bits per heavy atom. The molecule has 1 aliphatic rings. The summed E-state index contributed by atoms with van der Waals surface area (Å²) in [5.41, 5.74) is 6.98. The highest BCUT2D eigenvalue weighted by Crippen LogP contribution is 2.21. The van der Waals surface area contributed by atoms with Crippen LogP contribution in [0.2, 0.25) is 0 Å². The summed E-state index contributed by atoms with van der Waals surface area (Å²) in [4.78, 5) is 14.1. The quantitative estimate of drug-likeness (QED) is 0.815. The van der Waals surface area contributed by atoms with Crippen molar-refractivity contribution in [1.82, 2.24) is 4.90 Å². The van der Waals surface area contributed by atoms with Gasteiger partial charge < -0.3 is 20.1 Å². The first-order chi connectivity index (χ1) is 11.2. The lowest BCUT2D eigenvalue weighted by molar-refractivity contribution is -0.135. The Morgan fingerprint density at radius 2 is 2.00 bits per heavy atom. The van der Waals surface area contributed by atoms with E-state index in [-0.39, 0.29) is 30.5 Å². The van der Waals surface area contributed by atoms with Crippen LogP contribution in [0.25, 0.3) is 0 Å². The zero-order valence-corrected chi connectivity index (χ0v) is 15.4. The molecular weight excluding hydrogens is 328 g/mol. The molecule has 2 N–H and O–H groups in total. The van der Waals surface area contributed by atoms with E-state index in [0.717, 1.165) is 50.1 Å². The number of halogens is 1. The van der Waals surface area contributed by atoms with Crippen LogP contribution >= 0.6 is 12.4 Å². The van der Waals surface area contributed by atoms with Crippen LogP contribution in [0.3, 0.4) is 0 Å². The second kappa shape index (κ2) is 10.5. The van der Waals surface area contributed by atoms with Crippen molar-refractivity contribution in [2.75, 3.05) is 20.2 Å². The maximum atomic E-state index is 12.2. The van der Waals surface area contributed by atoms with Crippen LogP contribution in [0.15, 0.2) is 24.3 Å². The molecule has 1 aromatic carbocycles. The van der Waals surface area contributed by atoms with Crippen molar-refractivity contribution >= 4 is 18.3 Å². The number of carbonyl (C=O) groups excluding carboxylic acids is 1. The van der Waals surface area contributed by atoms with Gasteiger partial charge >= 0.3 is 0 Å². The predicted octanol–water partition coefficient (Wildman–Crippen LogP) is 2.75. The van der Waals surface area contributed by atoms with E-state index in [0.29, 0.717) is 6.61 Å². The number of amides is 1. The molecule has 1 atom stereocenters. The van der Waals surface area contributed by atoms with Gasteiger partial charge in [0.2, 0.25) is 5.91 Å². The van der Waals surface area contributed by atoms with Crippen LogP contribution in [-0.4, -0.2) is 43.2 Å². The van der Waals surface area contributed by atoms with Crippen LogP contribution in [-0.2, 0) is 16.1 Å². The van der Waals surface area contributed by atoms with Gasteiger partial charge in [-0.3, -0.25) is 4.79 Å². The zero-order valence-electron chi connectivity index (χ0n) is 14.6. The van der Waals surface area contributed by atoms with Gasteiger partial charge in [-0.1, -0.05) is 31.5 Å². The highest BCUT2D eigenvalue weighted by Gasteiger charge is 2.26. The van der Waals surface area contributed by atoms with Crippen LogP contribution in [0.4, 0.5) is 0 Å². The Balaban J connectivity index is 0.00000288. The number of para-hydroxylation sites is 1. The molecule has 0 bridgehead atoms. The molecule has 1 heterocycles. The predicted molar refractivity (Wildman–Crippen MR) is 97.5 cm³/mol. The lowest BCUT2D eigenvalue weighted by Gasteiger charge is -2.33. The second-order valence-electron chi connectivity index (χ2n) is 6.04. The topological polar surface area (TPSA) is 64.8 Å². The van der Waals surface area contributed by atoms with Crippen LogP contribution in [0, 0.1) is 0 Å². The normalized spacial score (nSPS) is 16.4. The monoisotopic (exact) mass is 356 g/mol. The average Bonchev–Trinajstić information content (AvgIpc) is 2.60. The Kier molecular flexibility index (Phi) is 9.11. The third-order valence-electron chi connectivity index (χ3n) is 4.34. The number of likely N-dealkylation sites (tertiary alicyclic amines) is 1. The fourth-order valence-corrected chi connectivity index (χ4v) is 2.94. The van der Waals surface area contributed by atoms with Crippen molar-refractivity contribution in [1.29, 1.82) is 0 Å². The van der Waals surface area contributed by atoms with Gasteiger partial charge in [-0.15, -0.1) is 12.4 Å². The Labute approximate surface area is 150 Å². The van der Waals surface area contributed by atoms with Gasteiger partial charge in [0.1, 0.15) is 5.75 Å². The zero-order chi connectivity index (χ0) is 16.7. The van der Waals surface area contributed by atoms with Crippen molar-refractivity contribution in [2.45, 2.75) is 51.4 Å². The molecule has 0 aliphatic carbocycles. The van der Waals surface area contributed by atoms with E-state index in [1.807, 2.05) is 36.1 Å². The molecule has 2 rings (SSSR count). The van der Waals surface area contributed by atoms with Gasteiger partial charge in [-0.05, 0) is 25.3 Å². The molecule has 1 aliphatic heterocycles. The molecule has 5 nitrogen and oxygen atoms in total. The summed E-state index contributed by atoms with van der Waals surface area (Å²) in [6.07, 6.45) is 3.60. The second-order valence-corrected chi connectivity index (χ2v) is 6.04. The third-order valence-corrected chi connectivity index (χ3v) is 4.34. The molecule has 1 aromatic rings. The van der Waals surface area contributed by atoms with E-state index in [1.54, 1.807) is 7.11 Å². The number of ether oxygens (including phenoxy) is 2. The first-order valence-corrected chi connectivity index (χ1v) is 8.43. The fraction of sp³-hybridized carbons (Fsp3) is 0.611. The smallest absolute Gasteiger partial charge is 0.239 e. The number of rotatable bonds is 7. The van der Waals surface area contributed by atoms with E-state index in [4.69, 9.17) is 15.2 Å². The highest BCUT2D eigenvalue weighted by molar-refractivity contribution is 5.85. The van der Waals surface area contributed by atoms with Gasteiger partial charge in [0.15, 0.2) is 0 Å². The standard InChI is InChI=1S/C18H28N2O3.ClH/c1-3-6-16(19)18(21)20-11-9-15(10-12-20)23-13-14-7-4-5-8-17(14)22-2;/h4-5,7-8,15-16H,3,6,9-13,19H2,1-2H3;1H. The Morgan fingerprint density at radius 1 is 1.33 bits per heavy atom. The molecule has 1 amide bonds. The Bertz CT molecular complexity index is 505. The molecule has 0 spiro atoms. The summed E-state index contributed by atoms with van der Waals surface area (Å²) in [6, 6.07) is 7.53. The van der Waals surface area contributed by atoms with Gasteiger partial charge in [0.05, 0.1) is 25.9 Å². The SMILES string of the molecule is CCCC(N)C(=O)N1CCC(OCc2ccccc2OC)CC1.Cl. The minimum absolute atomic E-state index is 0. The number of methoxy groups -OCH3 is 1. The first kappa shape index (κ1) is 20.7. The van der Waals surface area contributed by atoms with Crippen molar-refractivity contribution in [3.8, 4) is 5.75 Å². The van der Waals surface area contributed by atoms with Crippen molar-refractivity contribution < 1.29 is 14.3 Å². The molecule has 0 saturated carbocycles. The Hall–Kier alpha value is -1.30. The van der Waals surface area contributed by atoms with Crippen molar-refractivity contribution in [2.24, 2.45) is 5.73 Å². The molecule has 136 valence electrons. The molecule has 1 fully saturated rings. The van der Waals surface area contributed by atoms with E-state index in [2.05, 4.69) is 0 Å². The summed E-state index contributed by atoms with van der Waals surface area (Å²) in [7, 11) is 1.67. The highest BCUT2D eigenvalue weighted by atomic mass is 35.5. The third kappa shape index (κ3) is 5.65. The van der Waals surface area contributed by atoms with E-state index in [1.165, 1.54) is 0 Å². The first-order valence-electron chi connectivity index (χ1n) is 8.43. The number of piperidine rings is 1. The fourth-order valence-electron chi connectivity index (χ4n) is 2.94. The maximum Gasteiger partial charge on any atom is 0.239 e. The summed E-state index contributed by atoms with van der Waals surface area (Å²) in [5, 5.41) is 0. The minimum atomic E-state index is -0.356. The molecular formula is C18H29ClN2O3. The van der Waals surface area contributed by atoms with Gasteiger partial charge in [0, 0.05) is 18.7 Å². The van der Waals surface area contributed by atoms with E-state index >= 15 is 0 Å². The average molecular weight is 357 g/mol. The lowest BCUT2D eigenvalue weighted by Crippen LogP contribution is -2.48. The summed E-state index contributed by atoms with van der Waals surface area (Å²) >= 11 is 0. The molecule has 24 heavy (non-hydrogen) atoms. The van der Waals surface area contributed by atoms with Gasteiger partial charge in [-0.25, -0.2) is 0 Å². The lowest BCUT2D eigenvalue weighted by atomic mass is 10.1. The van der Waals surface area contributed by atoms with Crippen molar-refractivity contribution in [3.63, 3.8) is 0 Å². The molecule has 0 aromatic heterocycles. The van der Waals surface area contributed by atoms with Crippen LogP contribution < -0.4 is 10.5 Å². The molecule has 1 saturated heterocycles. The largest absolute Gasteiger partial charge is 0.496 e. The summed E-state index contributed by atoms with van der Waals surface area (Å²) in [5.74, 6) is 0.931. The number of benzene rings is 1. The van der Waals surface area contributed by atoms with Crippen molar-refractivity contribution in [3.05, 3.63) is 29.8 Å². The maximum absolute atomic E-state index is 12.2. The molecule has 0 radical (unpaired) electrons. The minimum Gasteiger partial charge on any atom is -0.496 e. The van der Waals surface area contributed by atoms with Crippen LogP contribution in [0.1, 0.15) is 38.2 Å². The van der Waals surface area contributed by atoms with Gasteiger partial charge in [-0.2, -0.15) is 0 Å². The summed E-state index contributed by atoms with van der Waals surface area (Å²) < 4.78 is 11.3. The van der Waals surface area contributed by atoms with E-state index in [9.17, 15) is 4.79 Å². The summed E-state index contributed by atoms with van der Waals surface area (Å²) in [6.45, 7) is 4.04. The number of nitrogens with zero attached hydrogens (tertiary/aromatic N) is 1. The molecule has 1 unspecified atom stereocenters. The van der Waals surface area contributed by atoms with Gasteiger partial charge in [0.25, 0.3) is 0 Å². The number of nitrogens with two attached hydrogens (primary N) is 1. The van der Waals surface area contributed by atoms with Crippen LogP contribution in [0.5, 0.6) is 5.75 Å². The number of hydrogen-bond acceptors (Lipinski definition) is 4. The number of carbonyl (C=O) groups is 1.